The minimum atomic E-state index is 0.366. The molecule has 1 aliphatic carbocycles. The fourth-order valence-electron chi connectivity index (χ4n) is 4.03. The monoisotopic (exact) mass is 356 g/mol. The third-order valence-corrected chi connectivity index (χ3v) is 5.63. The lowest BCUT2D eigenvalue weighted by molar-refractivity contribution is 0.138. The van der Waals surface area contributed by atoms with Crippen molar-refractivity contribution in [2.75, 3.05) is 33.9 Å². The van der Waals surface area contributed by atoms with Crippen molar-refractivity contribution in [3.05, 3.63) is 36.0 Å². The van der Waals surface area contributed by atoms with Gasteiger partial charge in [0.15, 0.2) is 5.96 Å². The molecule has 5 heteroatoms. The normalized spacial score (nSPS) is 16.9. The number of para-hydroxylation sites is 1. The Morgan fingerprint density at radius 3 is 2.77 bits per heavy atom. The highest BCUT2D eigenvalue weighted by molar-refractivity contribution is 5.81. The van der Waals surface area contributed by atoms with E-state index in [-0.39, 0.29) is 0 Å². The first-order valence-electron chi connectivity index (χ1n) is 9.75. The molecule has 26 heavy (non-hydrogen) atoms. The molecule has 0 bridgehead atoms. The molecule has 3 rings (SSSR count). The fraction of sp³-hybridized carbons (Fsp3) is 0.571. The van der Waals surface area contributed by atoms with Crippen molar-refractivity contribution in [3.8, 4) is 0 Å². The molecular formula is C21H32N4O. The van der Waals surface area contributed by atoms with Crippen molar-refractivity contribution in [1.82, 2.24) is 15.6 Å². The third-order valence-electron chi connectivity index (χ3n) is 5.63. The molecule has 1 aliphatic rings. The molecule has 1 heterocycles. The second-order valence-electron chi connectivity index (χ2n) is 7.43. The first-order chi connectivity index (χ1) is 12.7. The number of ether oxygens (including phenoxy) is 1. The molecule has 0 saturated heterocycles. The van der Waals surface area contributed by atoms with Crippen molar-refractivity contribution in [3.63, 3.8) is 0 Å². The van der Waals surface area contributed by atoms with Crippen LogP contribution in [0, 0.1) is 5.41 Å². The number of fused-ring (bicyclic) bond motifs is 1. The number of nitrogens with zero attached hydrogens (tertiary/aromatic N) is 1. The number of methoxy groups -OCH3 is 1. The SMILES string of the molecule is CN=C(NCCc1cc2ccccc2[nH]1)NCC1(CCOC)CCCC1. The first-order valence-corrected chi connectivity index (χ1v) is 9.75. The molecule has 1 aromatic heterocycles. The topological polar surface area (TPSA) is 61.4 Å². The van der Waals surface area contributed by atoms with Gasteiger partial charge in [-0.3, -0.25) is 4.99 Å². The van der Waals surface area contributed by atoms with Gasteiger partial charge >= 0.3 is 0 Å². The van der Waals surface area contributed by atoms with E-state index in [2.05, 4.69) is 50.9 Å². The minimum absolute atomic E-state index is 0.366. The van der Waals surface area contributed by atoms with Crippen molar-refractivity contribution in [2.24, 2.45) is 10.4 Å². The van der Waals surface area contributed by atoms with Crippen molar-refractivity contribution >= 4 is 16.9 Å². The zero-order chi connectivity index (χ0) is 18.2. The number of nitrogens with one attached hydrogen (secondary N) is 3. The van der Waals surface area contributed by atoms with Gasteiger partial charge in [-0.2, -0.15) is 0 Å². The minimum Gasteiger partial charge on any atom is -0.385 e. The van der Waals surface area contributed by atoms with Crippen LogP contribution in [0.4, 0.5) is 0 Å². The Kier molecular flexibility index (Phi) is 6.56. The van der Waals surface area contributed by atoms with E-state index in [4.69, 9.17) is 4.74 Å². The Morgan fingerprint density at radius 2 is 2.04 bits per heavy atom. The quantitative estimate of drug-likeness (QED) is 0.501. The zero-order valence-electron chi connectivity index (χ0n) is 16.1. The van der Waals surface area contributed by atoms with Crippen LogP contribution in [0.5, 0.6) is 0 Å². The van der Waals surface area contributed by atoms with E-state index in [1.54, 1.807) is 7.11 Å². The Bertz CT molecular complexity index is 683. The summed E-state index contributed by atoms with van der Waals surface area (Å²) in [4.78, 5) is 7.87. The highest BCUT2D eigenvalue weighted by Gasteiger charge is 2.33. The molecule has 0 atom stereocenters. The molecule has 0 radical (unpaired) electrons. The summed E-state index contributed by atoms with van der Waals surface area (Å²) in [6.45, 7) is 2.67. The summed E-state index contributed by atoms with van der Waals surface area (Å²) in [5.41, 5.74) is 2.82. The number of hydrogen-bond donors (Lipinski definition) is 3. The van der Waals surface area contributed by atoms with Crippen molar-refractivity contribution in [2.45, 2.75) is 38.5 Å². The maximum Gasteiger partial charge on any atom is 0.191 e. The van der Waals surface area contributed by atoms with Crippen LogP contribution in [0.1, 0.15) is 37.8 Å². The summed E-state index contributed by atoms with van der Waals surface area (Å²) in [6.07, 6.45) is 7.31. The molecule has 3 N–H and O–H groups in total. The van der Waals surface area contributed by atoms with Crippen LogP contribution in [0.2, 0.25) is 0 Å². The van der Waals surface area contributed by atoms with Crippen molar-refractivity contribution in [1.29, 1.82) is 0 Å². The van der Waals surface area contributed by atoms with E-state index in [0.29, 0.717) is 5.41 Å². The highest BCUT2D eigenvalue weighted by Crippen LogP contribution is 2.40. The molecule has 0 amide bonds. The molecule has 0 unspecified atom stereocenters. The summed E-state index contributed by atoms with van der Waals surface area (Å²) in [5.74, 6) is 0.893. The number of benzene rings is 1. The number of aromatic amines is 1. The van der Waals surface area contributed by atoms with E-state index < -0.39 is 0 Å². The summed E-state index contributed by atoms with van der Waals surface area (Å²) in [6, 6.07) is 10.6. The summed E-state index contributed by atoms with van der Waals surface area (Å²) < 4.78 is 5.32. The van der Waals surface area contributed by atoms with Gasteiger partial charge in [-0.25, -0.2) is 0 Å². The number of aromatic nitrogens is 1. The van der Waals surface area contributed by atoms with E-state index in [1.807, 2.05) is 7.05 Å². The van der Waals surface area contributed by atoms with Gasteiger partial charge in [-0.15, -0.1) is 0 Å². The molecular weight excluding hydrogens is 324 g/mol. The number of rotatable bonds is 8. The fourth-order valence-corrected chi connectivity index (χ4v) is 4.03. The average Bonchev–Trinajstić information content (AvgIpc) is 3.30. The van der Waals surface area contributed by atoms with Crippen LogP contribution in [-0.2, 0) is 11.2 Å². The van der Waals surface area contributed by atoms with Gasteiger partial charge in [-0.1, -0.05) is 31.0 Å². The van der Waals surface area contributed by atoms with Gasteiger partial charge < -0.3 is 20.4 Å². The lowest BCUT2D eigenvalue weighted by Crippen LogP contribution is -2.43. The van der Waals surface area contributed by atoms with E-state index in [1.165, 1.54) is 42.3 Å². The first kappa shape index (κ1) is 18.8. The number of guanidine groups is 1. The molecule has 0 spiro atoms. The smallest absolute Gasteiger partial charge is 0.191 e. The van der Waals surface area contributed by atoms with Gasteiger partial charge in [0.25, 0.3) is 0 Å². The predicted molar refractivity (Wildman–Crippen MR) is 109 cm³/mol. The summed E-state index contributed by atoms with van der Waals surface area (Å²) in [7, 11) is 3.63. The molecule has 1 saturated carbocycles. The Labute approximate surface area is 156 Å². The zero-order valence-corrected chi connectivity index (χ0v) is 16.1. The Hall–Kier alpha value is -2.01. The van der Waals surface area contributed by atoms with Gasteiger partial charge in [0.1, 0.15) is 0 Å². The largest absolute Gasteiger partial charge is 0.385 e. The van der Waals surface area contributed by atoms with Crippen molar-refractivity contribution < 1.29 is 4.74 Å². The maximum atomic E-state index is 5.32. The van der Waals surface area contributed by atoms with Gasteiger partial charge in [-0.05, 0) is 42.2 Å². The Balaban J connectivity index is 1.47. The summed E-state index contributed by atoms with van der Waals surface area (Å²) >= 11 is 0. The molecule has 0 aliphatic heterocycles. The van der Waals surface area contributed by atoms with Crippen LogP contribution in [0.25, 0.3) is 10.9 Å². The van der Waals surface area contributed by atoms with E-state index >= 15 is 0 Å². The van der Waals surface area contributed by atoms with E-state index in [0.717, 1.165) is 38.5 Å². The second kappa shape index (κ2) is 9.08. The molecule has 2 aromatic rings. The molecule has 1 fully saturated rings. The van der Waals surface area contributed by atoms with Gasteiger partial charge in [0.2, 0.25) is 0 Å². The summed E-state index contributed by atoms with van der Waals surface area (Å²) in [5, 5.41) is 8.26. The van der Waals surface area contributed by atoms with Crippen LogP contribution in [-0.4, -0.2) is 44.8 Å². The number of H-pyrrole nitrogens is 1. The standard InChI is InChI=1S/C21H32N4O/c1-22-20(24-16-21(12-14-26-2)10-5-6-11-21)23-13-9-18-15-17-7-3-4-8-19(17)25-18/h3-4,7-8,15,25H,5-6,9-14,16H2,1-2H3,(H2,22,23,24). The van der Waals surface area contributed by atoms with Gasteiger partial charge in [0, 0.05) is 51.5 Å². The highest BCUT2D eigenvalue weighted by atomic mass is 16.5. The van der Waals surface area contributed by atoms with Gasteiger partial charge in [0.05, 0.1) is 0 Å². The molecule has 142 valence electrons. The average molecular weight is 357 g/mol. The number of hydrogen-bond acceptors (Lipinski definition) is 2. The van der Waals surface area contributed by atoms with Crippen LogP contribution in [0.3, 0.4) is 0 Å². The van der Waals surface area contributed by atoms with Crippen LogP contribution < -0.4 is 10.6 Å². The Morgan fingerprint density at radius 1 is 1.23 bits per heavy atom. The molecule has 1 aromatic carbocycles. The van der Waals surface area contributed by atoms with Crippen LogP contribution in [0.15, 0.2) is 35.3 Å². The maximum absolute atomic E-state index is 5.32. The predicted octanol–water partition coefficient (Wildman–Crippen LogP) is 3.47. The third kappa shape index (κ3) is 4.79. The molecule has 5 nitrogen and oxygen atoms in total. The van der Waals surface area contributed by atoms with Crippen LogP contribution >= 0.6 is 0 Å². The second-order valence-corrected chi connectivity index (χ2v) is 7.43. The lowest BCUT2D eigenvalue weighted by atomic mass is 9.83. The van der Waals surface area contributed by atoms with E-state index in [9.17, 15) is 0 Å². The number of aliphatic imine (C=N–C) groups is 1. The lowest BCUT2D eigenvalue weighted by Gasteiger charge is -2.29.